The van der Waals surface area contributed by atoms with Gasteiger partial charge >= 0.3 is 0 Å². The van der Waals surface area contributed by atoms with Crippen molar-refractivity contribution in [1.82, 2.24) is 9.55 Å². The summed E-state index contributed by atoms with van der Waals surface area (Å²) in [6, 6.07) is 8.21. The number of benzene rings is 1. The van der Waals surface area contributed by atoms with Crippen LogP contribution in [-0.2, 0) is 0 Å². The zero-order chi connectivity index (χ0) is 12.5. The van der Waals surface area contributed by atoms with Crippen molar-refractivity contribution in [2.75, 3.05) is 0 Å². The third-order valence-corrected chi connectivity index (χ3v) is 2.83. The zero-order valence-electron chi connectivity index (χ0n) is 9.80. The Morgan fingerprint density at radius 3 is 2.83 bits per heavy atom. The molecule has 3 rings (SSSR count). The van der Waals surface area contributed by atoms with Crippen LogP contribution >= 0.6 is 0 Å². The molecule has 3 aromatic rings. The molecule has 0 unspecified atom stereocenters. The Morgan fingerprint density at radius 2 is 2.17 bits per heavy atom. The van der Waals surface area contributed by atoms with E-state index in [2.05, 4.69) is 4.98 Å². The molecule has 2 heterocycles. The van der Waals surface area contributed by atoms with E-state index in [0.717, 1.165) is 11.5 Å². The van der Waals surface area contributed by atoms with Crippen LogP contribution in [-0.4, -0.2) is 9.55 Å². The molecule has 3 nitrogen and oxygen atoms in total. The monoisotopic (exact) mass is 242 g/mol. The number of furan rings is 1. The van der Waals surface area contributed by atoms with Crippen LogP contribution in [0.1, 0.15) is 5.82 Å². The first-order valence-electron chi connectivity index (χ1n) is 5.59. The van der Waals surface area contributed by atoms with Crippen LogP contribution in [0.4, 0.5) is 4.39 Å². The van der Waals surface area contributed by atoms with Crippen LogP contribution in [0.2, 0.25) is 0 Å². The minimum atomic E-state index is -0.289. The first-order valence-corrected chi connectivity index (χ1v) is 5.59. The van der Waals surface area contributed by atoms with Crippen LogP contribution in [0.25, 0.3) is 17.0 Å². The standard InChI is InChI=1S/C14H11FN2O/c1-10-16-6-7-17(10)13-5-4-11(15)9-12(13)14-3-2-8-18-14/h2-9H,1H3. The van der Waals surface area contributed by atoms with Crippen molar-refractivity contribution in [3.8, 4) is 17.0 Å². The second-order valence-electron chi connectivity index (χ2n) is 3.98. The predicted molar refractivity (Wildman–Crippen MR) is 66.0 cm³/mol. The molecule has 0 aliphatic carbocycles. The van der Waals surface area contributed by atoms with Crippen molar-refractivity contribution in [3.63, 3.8) is 0 Å². The molecule has 4 heteroatoms. The van der Waals surface area contributed by atoms with Gasteiger partial charge in [-0.3, -0.25) is 0 Å². The van der Waals surface area contributed by atoms with E-state index in [1.807, 2.05) is 23.8 Å². The summed E-state index contributed by atoms with van der Waals surface area (Å²) in [7, 11) is 0. The molecule has 1 aromatic carbocycles. The van der Waals surface area contributed by atoms with Crippen LogP contribution in [0.3, 0.4) is 0 Å². The Kier molecular flexibility index (Phi) is 2.48. The third-order valence-electron chi connectivity index (χ3n) is 2.83. The fourth-order valence-electron chi connectivity index (χ4n) is 1.98. The van der Waals surface area contributed by atoms with Gasteiger partial charge in [-0.1, -0.05) is 0 Å². The third kappa shape index (κ3) is 1.72. The number of imidazole rings is 1. The number of aromatic nitrogens is 2. The molecule has 18 heavy (non-hydrogen) atoms. The van der Waals surface area contributed by atoms with Gasteiger partial charge in [0, 0.05) is 18.0 Å². The molecule has 0 saturated heterocycles. The molecule has 0 spiro atoms. The minimum absolute atomic E-state index is 0.289. The number of rotatable bonds is 2. The van der Waals surface area contributed by atoms with E-state index < -0.39 is 0 Å². The molecule has 0 fully saturated rings. The first-order chi connectivity index (χ1) is 8.75. The molecular formula is C14H11FN2O. The summed E-state index contributed by atoms with van der Waals surface area (Å²) >= 11 is 0. The Labute approximate surface area is 104 Å². The number of hydrogen-bond donors (Lipinski definition) is 0. The van der Waals surface area contributed by atoms with Crippen molar-refractivity contribution in [2.24, 2.45) is 0 Å². The minimum Gasteiger partial charge on any atom is -0.464 e. The van der Waals surface area contributed by atoms with Crippen LogP contribution in [0, 0.1) is 12.7 Å². The van der Waals surface area contributed by atoms with Gasteiger partial charge in [0.25, 0.3) is 0 Å². The molecule has 0 aliphatic heterocycles. The first kappa shape index (κ1) is 10.8. The Hall–Kier alpha value is -2.36. The largest absolute Gasteiger partial charge is 0.464 e. The lowest BCUT2D eigenvalue weighted by molar-refractivity contribution is 0.579. The Bertz CT molecular complexity index is 671. The number of aryl methyl sites for hydroxylation is 1. The molecule has 2 aromatic heterocycles. The average molecular weight is 242 g/mol. The van der Waals surface area contributed by atoms with Crippen LogP contribution < -0.4 is 0 Å². The summed E-state index contributed by atoms with van der Waals surface area (Å²) in [5, 5.41) is 0. The topological polar surface area (TPSA) is 31.0 Å². The molecule has 0 atom stereocenters. The fraction of sp³-hybridized carbons (Fsp3) is 0.0714. The molecule has 0 amide bonds. The second-order valence-corrected chi connectivity index (χ2v) is 3.98. The van der Waals surface area contributed by atoms with Crippen molar-refractivity contribution >= 4 is 0 Å². The van der Waals surface area contributed by atoms with Gasteiger partial charge in [-0.2, -0.15) is 0 Å². The van der Waals surface area contributed by atoms with E-state index in [0.29, 0.717) is 11.3 Å². The van der Waals surface area contributed by atoms with Gasteiger partial charge in [0.15, 0.2) is 0 Å². The summed E-state index contributed by atoms with van der Waals surface area (Å²) in [5.74, 6) is 1.19. The maximum Gasteiger partial charge on any atom is 0.136 e. The van der Waals surface area contributed by atoms with E-state index in [1.54, 1.807) is 24.6 Å². The average Bonchev–Trinajstić information content (AvgIpc) is 3.00. The summed E-state index contributed by atoms with van der Waals surface area (Å²) < 4.78 is 20.7. The SMILES string of the molecule is Cc1nccn1-c1ccc(F)cc1-c1ccco1. The lowest BCUT2D eigenvalue weighted by Crippen LogP contribution is -1.98. The molecular weight excluding hydrogens is 231 g/mol. The summed E-state index contributed by atoms with van der Waals surface area (Å²) in [6.45, 7) is 1.90. The van der Waals surface area contributed by atoms with E-state index in [1.165, 1.54) is 12.1 Å². The quantitative estimate of drug-likeness (QED) is 0.687. The predicted octanol–water partition coefficient (Wildman–Crippen LogP) is 3.58. The van der Waals surface area contributed by atoms with Gasteiger partial charge in [0.05, 0.1) is 12.0 Å². The summed E-state index contributed by atoms with van der Waals surface area (Å²) in [6.07, 6.45) is 5.13. The van der Waals surface area contributed by atoms with Gasteiger partial charge in [-0.05, 0) is 37.3 Å². The Morgan fingerprint density at radius 1 is 1.28 bits per heavy atom. The maximum atomic E-state index is 13.4. The van der Waals surface area contributed by atoms with Gasteiger partial charge in [-0.25, -0.2) is 9.37 Å². The van der Waals surface area contributed by atoms with Crippen LogP contribution in [0.5, 0.6) is 0 Å². The number of nitrogens with zero attached hydrogens (tertiary/aromatic N) is 2. The highest BCUT2D eigenvalue weighted by atomic mass is 19.1. The summed E-state index contributed by atoms with van der Waals surface area (Å²) in [4.78, 5) is 4.18. The summed E-state index contributed by atoms with van der Waals surface area (Å²) in [5.41, 5.74) is 1.56. The van der Waals surface area contributed by atoms with Crippen molar-refractivity contribution in [1.29, 1.82) is 0 Å². The molecule has 90 valence electrons. The van der Waals surface area contributed by atoms with Gasteiger partial charge in [0.1, 0.15) is 17.4 Å². The van der Waals surface area contributed by atoms with Gasteiger partial charge in [0.2, 0.25) is 0 Å². The van der Waals surface area contributed by atoms with Crippen molar-refractivity contribution < 1.29 is 8.81 Å². The van der Waals surface area contributed by atoms with Crippen molar-refractivity contribution in [3.05, 3.63) is 60.6 Å². The van der Waals surface area contributed by atoms with Crippen molar-refractivity contribution in [2.45, 2.75) is 6.92 Å². The highest BCUT2D eigenvalue weighted by Crippen LogP contribution is 2.28. The van der Waals surface area contributed by atoms with Crippen LogP contribution in [0.15, 0.2) is 53.4 Å². The molecule has 0 radical (unpaired) electrons. The van der Waals surface area contributed by atoms with E-state index in [4.69, 9.17) is 4.42 Å². The highest BCUT2D eigenvalue weighted by molar-refractivity contribution is 5.69. The molecule has 0 saturated carbocycles. The smallest absolute Gasteiger partial charge is 0.136 e. The second kappa shape index (κ2) is 4.14. The maximum absolute atomic E-state index is 13.4. The highest BCUT2D eigenvalue weighted by Gasteiger charge is 2.12. The molecule has 0 N–H and O–H groups in total. The zero-order valence-corrected chi connectivity index (χ0v) is 9.80. The lowest BCUT2D eigenvalue weighted by atomic mass is 10.1. The molecule has 0 aliphatic rings. The van der Waals surface area contributed by atoms with E-state index >= 15 is 0 Å². The number of hydrogen-bond acceptors (Lipinski definition) is 2. The van der Waals surface area contributed by atoms with Gasteiger partial charge < -0.3 is 8.98 Å². The number of halogens is 1. The van der Waals surface area contributed by atoms with E-state index in [-0.39, 0.29) is 5.82 Å². The van der Waals surface area contributed by atoms with E-state index in [9.17, 15) is 4.39 Å². The lowest BCUT2D eigenvalue weighted by Gasteiger charge is -2.10. The normalized spacial score (nSPS) is 10.8. The van der Waals surface area contributed by atoms with Gasteiger partial charge in [-0.15, -0.1) is 0 Å². The Balaban J connectivity index is 2.24. The molecule has 0 bridgehead atoms. The fourth-order valence-corrected chi connectivity index (χ4v) is 1.98.